The van der Waals surface area contributed by atoms with E-state index >= 15 is 0 Å². The van der Waals surface area contributed by atoms with Crippen LogP contribution in [0.2, 0.25) is 5.02 Å². The highest BCUT2D eigenvalue weighted by Crippen LogP contribution is 2.29. The summed E-state index contributed by atoms with van der Waals surface area (Å²) >= 11 is 6.09. The molecule has 19 heavy (non-hydrogen) atoms. The Bertz CT molecular complexity index is 425. The maximum absolute atomic E-state index is 10.3. The minimum atomic E-state index is -0.415. The largest absolute Gasteiger partial charge is 0.388 e. The number of rotatable bonds is 4. The van der Waals surface area contributed by atoms with Crippen molar-refractivity contribution in [3.63, 3.8) is 0 Å². The number of halogens is 1. The van der Waals surface area contributed by atoms with Crippen molar-refractivity contribution < 1.29 is 9.84 Å². The molecule has 2 atom stereocenters. The van der Waals surface area contributed by atoms with Gasteiger partial charge in [-0.3, -0.25) is 0 Å². The Kier molecular flexibility index (Phi) is 5.26. The van der Waals surface area contributed by atoms with Gasteiger partial charge >= 0.3 is 0 Å². The van der Waals surface area contributed by atoms with Crippen LogP contribution in [-0.2, 0) is 4.74 Å². The van der Waals surface area contributed by atoms with Gasteiger partial charge in [0.05, 0.1) is 12.2 Å². The lowest BCUT2D eigenvalue weighted by Gasteiger charge is -2.24. The third kappa shape index (κ3) is 3.95. The van der Waals surface area contributed by atoms with Gasteiger partial charge in [-0.25, -0.2) is 0 Å². The van der Waals surface area contributed by atoms with E-state index in [1.807, 2.05) is 26.0 Å². The Labute approximate surface area is 120 Å². The van der Waals surface area contributed by atoms with Crippen LogP contribution in [0.1, 0.15) is 54.9 Å². The highest BCUT2D eigenvalue weighted by atomic mass is 35.5. The quantitative estimate of drug-likeness (QED) is 0.890. The summed E-state index contributed by atoms with van der Waals surface area (Å²) in [6.45, 7) is 4.85. The molecule has 1 saturated heterocycles. The van der Waals surface area contributed by atoms with E-state index in [4.69, 9.17) is 16.3 Å². The van der Waals surface area contributed by atoms with E-state index in [1.165, 1.54) is 12.8 Å². The fraction of sp³-hybridized carbons (Fsp3) is 0.625. The van der Waals surface area contributed by atoms with Gasteiger partial charge in [0.25, 0.3) is 0 Å². The first-order valence-corrected chi connectivity index (χ1v) is 7.52. The molecule has 2 nitrogen and oxygen atoms in total. The summed E-state index contributed by atoms with van der Waals surface area (Å²) in [5.41, 5.74) is 3.08. The maximum Gasteiger partial charge on any atom is 0.0793 e. The number of aliphatic hydroxyl groups excluding tert-OH is 1. The highest BCUT2D eigenvalue weighted by molar-refractivity contribution is 6.31. The average molecular weight is 283 g/mol. The molecule has 1 N–H and O–H groups in total. The topological polar surface area (TPSA) is 29.5 Å². The molecular formula is C16H23ClO2. The van der Waals surface area contributed by atoms with E-state index in [0.717, 1.165) is 47.6 Å². The SMILES string of the molecule is Cc1cc(C(O)CCC2CCCCO2)c(C)cc1Cl. The molecular weight excluding hydrogens is 260 g/mol. The van der Waals surface area contributed by atoms with Crippen LogP contribution in [0.3, 0.4) is 0 Å². The first-order chi connectivity index (χ1) is 9.08. The molecule has 0 amide bonds. The second kappa shape index (κ2) is 6.74. The zero-order chi connectivity index (χ0) is 13.8. The molecule has 0 aliphatic carbocycles. The molecule has 1 fully saturated rings. The number of hydrogen-bond acceptors (Lipinski definition) is 2. The molecule has 1 aliphatic rings. The monoisotopic (exact) mass is 282 g/mol. The van der Waals surface area contributed by atoms with Crippen LogP contribution in [0.5, 0.6) is 0 Å². The predicted molar refractivity (Wildman–Crippen MR) is 78.7 cm³/mol. The molecule has 2 unspecified atom stereocenters. The summed E-state index contributed by atoms with van der Waals surface area (Å²) in [5.74, 6) is 0. The molecule has 0 bridgehead atoms. The summed E-state index contributed by atoms with van der Waals surface area (Å²) in [7, 11) is 0. The third-order valence-electron chi connectivity index (χ3n) is 3.94. The van der Waals surface area contributed by atoms with Crippen LogP contribution < -0.4 is 0 Å². The van der Waals surface area contributed by atoms with Gasteiger partial charge in [0, 0.05) is 11.6 Å². The number of hydrogen-bond donors (Lipinski definition) is 1. The molecule has 0 saturated carbocycles. The average Bonchev–Trinajstić information content (AvgIpc) is 2.41. The first-order valence-electron chi connectivity index (χ1n) is 7.14. The van der Waals surface area contributed by atoms with Crippen LogP contribution in [0.15, 0.2) is 12.1 Å². The van der Waals surface area contributed by atoms with Crippen molar-refractivity contribution in [2.24, 2.45) is 0 Å². The zero-order valence-electron chi connectivity index (χ0n) is 11.8. The molecule has 0 spiro atoms. The summed E-state index contributed by atoms with van der Waals surface area (Å²) in [6.07, 6.45) is 5.16. The molecule has 1 heterocycles. The fourth-order valence-electron chi connectivity index (χ4n) is 2.70. The van der Waals surface area contributed by atoms with E-state index < -0.39 is 6.10 Å². The minimum Gasteiger partial charge on any atom is -0.388 e. The van der Waals surface area contributed by atoms with Crippen molar-refractivity contribution in [3.8, 4) is 0 Å². The van der Waals surface area contributed by atoms with E-state index in [9.17, 15) is 5.11 Å². The van der Waals surface area contributed by atoms with Gasteiger partial charge in [-0.1, -0.05) is 17.7 Å². The molecule has 0 radical (unpaired) electrons. The molecule has 106 valence electrons. The van der Waals surface area contributed by atoms with Crippen molar-refractivity contribution in [1.29, 1.82) is 0 Å². The number of ether oxygens (including phenoxy) is 1. The Morgan fingerprint density at radius 2 is 2.11 bits per heavy atom. The van der Waals surface area contributed by atoms with E-state index in [0.29, 0.717) is 6.10 Å². The van der Waals surface area contributed by atoms with Gasteiger partial charge in [0.15, 0.2) is 0 Å². The fourth-order valence-corrected chi connectivity index (χ4v) is 2.91. The normalized spacial score (nSPS) is 21.4. The van der Waals surface area contributed by atoms with Gasteiger partial charge in [-0.15, -0.1) is 0 Å². The van der Waals surface area contributed by atoms with Crippen LogP contribution in [0.4, 0.5) is 0 Å². The van der Waals surface area contributed by atoms with E-state index in [-0.39, 0.29) is 0 Å². The van der Waals surface area contributed by atoms with Gasteiger partial charge in [0.2, 0.25) is 0 Å². The Morgan fingerprint density at radius 3 is 2.79 bits per heavy atom. The van der Waals surface area contributed by atoms with Crippen molar-refractivity contribution in [2.45, 2.75) is 58.2 Å². The van der Waals surface area contributed by atoms with Crippen molar-refractivity contribution in [2.75, 3.05) is 6.61 Å². The molecule has 2 rings (SSSR count). The summed E-state index contributed by atoms with van der Waals surface area (Å²) in [6, 6.07) is 3.94. The third-order valence-corrected chi connectivity index (χ3v) is 4.35. The molecule has 3 heteroatoms. The standard InChI is InChI=1S/C16H23ClO2/c1-11-10-15(17)12(2)9-14(11)16(18)7-6-13-5-3-4-8-19-13/h9-10,13,16,18H,3-8H2,1-2H3. The second-order valence-electron chi connectivity index (χ2n) is 5.54. The number of benzene rings is 1. The lowest BCUT2D eigenvalue weighted by molar-refractivity contribution is 0.00209. The molecule has 1 aliphatic heterocycles. The zero-order valence-corrected chi connectivity index (χ0v) is 12.5. The highest BCUT2D eigenvalue weighted by Gasteiger charge is 2.18. The maximum atomic E-state index is 10.3. The summed E-state index contributed by atoms with van der Waals surface area (Å²) in [5, 5.41) is 11.1. The van der Waals surface area contributed by atoms with Gasteiger partial charge in [0.1, 0.15) is 0 Å². The van der Waals surface area contributed by atoms with Crippen LogP contribution in [0.25, 0.3) is 0 Å². The minimum absolute atomic E-state index is 0.331. The number of aryl methyl sites for hydroxylation is 2. The Morgan fingerprint density at radius 1 is 1.32 bits per heavy atom. The van der Waals surface area contributed by atoms with Gasteiger partial charge < -0.3 is 9.84 Å². The smallest absolute Gasteiger partial charge is 0.0793 e. The van der Waals surface area contributed by atoms with E-state index in [2.05, 4.69) is 0 Å². The van der Waals surface area contributed by atoms with Crippen LogP contribution in [0, 0.1) is 13.8 Å². The van der Waals surface area contributed by atoms with Crippen LogP contribution in [-0.4, -0.2) is 17.8 Å². The number of aliphatic hydroxyl groups is 1. The van der Waals surface area contributed by atoms with E-state index in [1.54, 1.807) is 0 Å². The van der Waals surface area contributed by atoms with Crippen molar-refractivity contribution in [3.05, 3.63) is 33.8 Å². The van der Waals surface area contributed by atoms with Crippen molar-refractivity contribution in [1.82, 2.24) is 0 Å². The molecule has 1 aromatic carbocycles. The lowest BCUT2D eigenvalue weighted by Crippen LogP contribution is -2.19. The Hall–Kier alpha value is -0.570. The summed E-state index contributed by atoms with van der Waals surface area (Å²) < 4.78 is 5.71. The van der Waals surface area contributed by atoms with Crippen LogP contribution >= 0.6 is 11.6 Å². The molecule has 1 aromatic rings. The lowest BCUT2D eigenvalue weighted by atomic mass is 9.95. The first kappa shape index (κ1) is 14.8. The summed E-state index contributed by atoms with van der Waals surface area (Å²) in [4.78, 5) is 0. The Balaban J connectivity index is 1.95. The van der Waals surface area contributed by atoms with Gasteiger partial charge in [-0.05, 0) is 68.7 Å². The van der Waals surface area contributed by atoms with Crippen molar-refractivity contribution >= 4 is 11.6 Å². The predicted octanol–water partition coefficient (Wildman–Crippen LogP) is 4.34. The van der Waals surface area contributed by atoms with Gasteiger partial charge in [-0.2, -0.15) is 0 Å². The molecule has 0 aromatic heterocycles. The second-order valence-corrected chi connectivity index (χ2v) is 5.95.